The van der Waals surface area contributed by atoms with Crippen molar-refractivity contribution < 1.29 is 9.90 Å². The third kappa shape index (κ3) is 3.01. The number of urea groups is 1. The Bertz CT molecular complexity index is 434. The van der Waals surface area contributed by atoms with Crippen LogP contribution in [-0.4, -0.2) is 29.8 Å². The summed E-state index contributed by atoms with van der Waals surface area (Å²) in [4.78, 5) is 11.3. The Labute approximate surface area is 107 Å². The minimum Gasteiger partial charge on any atom is -0.388 e. The average Bonchev–Trinajstić information content (AvgIpc) is 2.37. The van der Waals surface area contributed by atoms with Crippen molar-refractivity contribution in [2.24, 2.45) is 0 Å². The molecule has 1 aromatic carbocycles. The maximum Gasteiger partial charge on any atom is 0.314 e. The van der Waals surface area contributed by atoms with Gasteiger partial charge in [-0.3, -0.25) is 0 Å². The lowest BCUT2D eigenvalue weighted by Crippen LogP contribution is -2.49. The monoisotopic (exact) mass is 248 g/mol. The van der Waals surface area contributed by atoms with Crippen molar-refractivity contribution in [2.45, 2.75) is 31.8 Å². The summed E-state index contributed by atoms with van der Waals surface area (Å²) in [6.07, 6.45) is 2.16. The van der Waals surface area contributed by atoms with Gasteiger partial charge in [0.15, 0.2) is 0 Å². The number of rotatable bonds is 3. The number of carbonyl (C=O) groups is 1. The molecule has 0 saturated heterocycles. The summed E-state index contributed by atoms with van der Waals surface area (Å²) < 4.78 is 0. The second-order valence-electron chi connectivity index (χ2n) is 4.88. The molecule has 4 heteroatoms. The SMILES string of the molecule is CCNC(=O)NCC1(O)CCc2ccccc2C1. The van der Waals surface area contributed by atoms with Gasteiger partial charge in [0, 0.05) is 19.5 Å². The Morgan fingerprint density at radius 3 is 2.78 bits per heavy atom. The summed E-state index contributed by atoms with van der Waals surface area (Å²) in [5.41, 5.74) is 1.67. The molecule has 1 aliphatic carbocycles. The molecule has 4 nitrogen and oxygen atoms in total. The van der Waals surface area contributed by atoms with E-state index in [0.29, 0.717) is 25.9 Å². The summed E-state index contributed by atoms with van der Waals surface area (Å²) in [5.74, 6) is 0. The highest BCUT2D eigenvalue weighted by Crippen LogP contribution is 2.28. The Morgan fingerprint density at radius 1 is 1.33 bits per heavy atom. The molecule has 1 unspecified atom stereocenters. The molecular formula is C14H20N2O2. The molecule has 98 valence electrons. The molecule has 0 bridgehead atoms. The number of nitrogens with one attached hydrogen (secondary N) is 2. The molecule has 2 amide bonds. The number of hydrogen-bond donors (Lipinski definition) is 3. The fraction of sp³-hybridized carbons (Fsp3) is 0.500. The highest BCUT2D eigenvalue weighted by Gasteiger charge is 2.32. The summed E-state index contributed by atoms with van der Waals surface area (Å²) >= 11 is 0. The third-order valence-electron chi connectivity index (χ3n) is 3.41. The van der Waals surface area contributed by atoms with E-state index >= 15 is 0 Å². The zero-order valence-corrected chi connectivity index (χ0v) is 10.7. The number of benzene rings is 1. The summed E-state index contributed by atoms with van der Waals surface area (Å²) in [5, 5.41) is 15.9. The first kappa shape index (κ1) is 12.9. The van der Waals surface area contributed by atoms with Crippen LogP contribution < -0.4 is 10.6 Å². The average molecular weight is 248 g/mol. The van der Waals surface area contributed by atoms with Crippen molar-refractivity contribution in [2.75, 3.05) is 13.1 Å². The molecule has 0 fully saturated rings. The number of amides is 2. The van der Waals surface area contributed by atoms with E-state index < -0.39 is 5.60 Å². The maximum absolute atomic E-state index is 11.3. The zero-order valence-electron chi connectivity index (χ0n) is 10.7. The van der Waals surface area contributed by atoms with Gasteiger partial charge in [-0.1, -0.05) is 24.3 Å². The van der Waals surface area contributed by atoms with E-state index in [1.54, 1.807) is 0 Å². The second-order valence-corrected chi connectivity index (χ2v) is 4.88. The first-order valence-corrected chi connectivity index (χ1v) is 6.44. The third-order valence-corrected chi connectivity index (χ3v) is 3.41. The standard InChI is InChI=1S/C14H20N2O2/c1-2-15-13(17)16-10-14(18)8-7-11-5-3-4-6-12(11)9-14/h3-6,18H,2,7-10H2,1H3,(H2,15,16,17). The van der Waals surface area contributed by atoms with Gasteiger partial charge in [-0.05, 0) is 30.9 Å². The number of aliphatic hydroxyl groups is 1. The van der Waals surface area contributed by atoms with Crippen LogP contribution in [0.25, 0.3) is 0 Å². The minimum atomic E-state index is -0.820. The molecule has 1 aliphatic rings. The van der Waals surface area contributed by atoms with Gasteiger partial charge < -0.3 is 15.7 Å². The molecular weight excluding hydrogens is 228 g/mol. The number of carbonyl (C=O) groups excluding carboxylic acids is 1. The van der Waals surface area contributed by atoms with E-state index in [-0.39, 0.29) is 6.03 Å². The van der Waals surface area contributed by atoms with Crippen LogP contribution in [0.1, 0.15) is 24.5 Å². The first-order valence-electron chi connectivity index (χ1n) is 6.44. The molecule has 0 spiro atoms. The first-order chi connectivity index (χ1) is 8.63. The quantitative estimate of drug-likeness (QED) is 0.753. The smallest absolute Gasteiger partial charge is 0.314 e. The van der Waals surface area contributed by atoms with Gasteiger partial charge in [-0.25, -0.2) is 4.79 Å². The number of hydrogen-bond acceptors (Lipinski definition) is 2. The fourth-order valence-electron chi connectivity index (χ4n) is 2.40. The lowest BCUT2D eigenvalue weighted by molar-refractivity contribution is 0.0291. The van der Waals surface area contributed by atoms with E-state index in [9.17, 15) is 9.90 Å². The summed E-state index contributed by atoms with van der Waals surface area (Å²) in [6.45, 7) is 2.76. The van der Waals surface area contributed by atoms with Gasteiger partial charge in [0.2, 0.25) is 0 Å². The minimum absolute atomic E-state index is 0.218. The molecule has 3 N–H and O–H groups in total. The van der Waals surface area contributed by atoms with E-state index in [1.807, 2.05) is 25.1 Å². The largest absolute Gasteiger partial charge is 0.388 e. The van der Waals surface area contributed by atoms with Crippen LogP contribution in [0.4, 0.5) is 4.79 Å². The van der Waals surface area contributed by atoms with Crippen LogP contribution in [0.2, 0.25) is 0 Å². The molecule has 1 aromatic rings. The van der Waals surface area contributed by atoms with Gasteiger partial charge in [-0.15, -0.1) is 0 Å². The summed E-state index contributed by atoms with van der Waals surface area (Å²) in [6, 6.07) is 7.94. The van der Waals surface area contributed by atoms with Crippen LogP contribution in [0.15, 0.2) is 24.3 Å². The van der Waals surface area contributed by atoms with E-state index in [0.717, 1.165) is 6.42 Å². The van der Waals surface area contributed by atoms with Crippen molar-refractivity contribution in [3.8, 4) is 0 Å². The van der Waals surface area contributed by atoms with E-state index in [2.05, 4.69) is 16.7 Å². The molecule has 0 heterocycles. The maximum atomic E-state index is 11.3. The van der Waals surface area contributed by atoms with Crippen LogP contribution in [-0.2, 0) is 12.8 Å². The molecule has 0 radical (unpaired) electrons. The highest BCUT2D eigenvalue weighted by molar-refractivity contribution is 5.73. The Kier molecular flexibility index (Phi) is 3.87. The zero-order chi connectivity index (χ0) is 13.0. The molecule has 0 aromatic heterocycles. The Morgan fingerprint density at radius 2 is 2.06 bits per heavy atom. The van der Waals surface area contributed by atoms with E-state index in [1.165, 1.54) is 11.1 Å². The molecule has 1 atom stereocenters. The Balaban J connectivity index is 1.96. The number of aryl methyl sites for hydroxylation is 1. The number of fused-ring (bicyclic) bond motifs is 1. The van der Waals surface area contributed by atoms with Crippen molar-refractivity contribution >= 4 is 6.03 Å². The Hall–Kier alpha value is -1.55. The van der Waals surface area contributed by atoms with Gasteiger partial charge in [0.25, 0.3) is 0 Å². The fourth-order valence-corrected chi connectivity index (χ4v) is 2.40. The van der Waals surface area contributed by atoms with Crippen LogP contribution in [0.5, 0.6) is 0 Å². The van der Waals surface area contributed by atoms with Crippen LogP contribution >= 0.6 is 0 Å². The van der Waals surface area contributed by atoms with Crippen molar-refractivity contribution in [3.63, 3.8) is 0 Å². The van der Waals surface area contributed by atoms with Gasteiger partial charge in [0.05, 0.1) is 5.60 Å². The van der Waals surface area contributed by atoms with Crippen molar-refractivity contribution in [1.82, 2.24) is 10.6 Å². The van der Waals surface area contributed by atoms with Gasteiger partial charge in [0.1, 0.15) is 0 Å². The van der Waals surface area contributed by atoms with Crippen molar-refractivity contribution in [1.29, 1.82) is 0 Å². The highest BCUT2D eigenvalue weighted by atomic mass is 16.3. The topological polar surface area (TPSA) is 61.4 Å². The molecule has 0 saturated carbocycles. The lowest BCUT2D eigenvalue weighted by Gasteiger charge is -2.33. The van der Waals surface area contributed by atoms with Crippen LogP contribution in [0.3, 0.4) is 0 Å². The second kappa shape index (κ2) is 5.40. The molecule has 0 aliphatic heterocycles. The molecule has 18 heavy (non-hydrogen) atoms. The predicted octanol–water partition coefficient (Wildman–Crippen LogP) is 1.23. The van der Waals surface area contributed by atoms with E-state index in [4.69, 9.17) is 0 Å². The lowest BCUT2D eigenvalue weighted by atomic mass is 9.80. The predicted molar refractivity (Wildman–Crippen MR) is 70.5 cm³/mol. The van der Waals surface area contributed by atoms with Crippen molar-refractivity contribution in [3.05, 3.63) is 35.4 Å². The van der Waals surface area contributed by atoms with Gasteiger partial charge in [-0.2, -0.15) is 0 Å². The van der Waals surface area contributed by atoms with Gasteiger partial charge >= 0.3 is 6.03 Å². The molecule has 2 rings (SSSR count). The van der Waals surface area contributed by atoms with Crippen LogP contribution in [0, 0.1) is 0 Å². The summed E-state index contributed by atoms with van der Waals surface area (Å²) in [7, 11) is 0. The normalized spacial score (nSPS) is 22.1.